The standard InChI is InChI=1S/C14H19Cl2NO.BrH/c1-2-18-9-11-8-17-6-5-12(11)10-3-4-13(15)14(16)7-10;/h3-4,7,11-12,17H,2,5-6,8-9H2,1H3;1H/t11-,12+;/m1./s1. The summed E-state index contributed by atoms with van der Waals surface area (Å²) in [6, 6.07) is 5.97. The Bertz CT molecular complexity index is 403. The van der Waals surface area contributed by atoms with E-state index in [9.17, 15) is 0 Å². The van der Waals surface area contributed by atoms with Crippen LogP contribution in [-0.4, -0.2) is 26.3 Å². The van der Waals surface area contributed by atoms with E-state index in [2.05, 4.69) is 11.4 Å². The minimum Gasteiger partial charge on any atom is -0.381 e. The van der Waals surface area contributed by atoms with E-state index >= 15 is 0 Å². The van der Waals surface area contributed by atoms with Gasteiger partial charge < -0.3 is 10.1 Å². The Morgan fingerprint density at radius 2 is 2.11 bits per heavy atom. The van der Waals surface area contributed by atoms with E-state index in [1.54, 1.807) is 0 Å². The Morgan fingerprint density at radius 1 is 1.32 bits per heavy atom. The molecule has 1 fully saturated rings. The monoisotopic (exact) mass is 367 g/mol. The molecule has 0 bridgehead atoms. The van der Waals surface area contributed by atoms with Crippen LogP contribution >= 0.6 is 40.2 Å². The summed E-state index contributed by atoms with van der Waals surface area (Å²) in [5.41, 5.74) is 1.27. The number of ether oxygens (including phenoxy) is 1. The number of hydrogen-bond donors (Lipinski definition) is 1. The van der Waals surface area contributed by atoms with Crippen molar-refractivity contribution in [3.05, 3.63) is 33.8 Å². The summed E-state index contributed by atoms with van der Waals surface area (Å²) in [7, 11) is 0. The number of nitrogens with one attached hydrogen (secondary N) is 1. The maximum Gasteiger partial charge on any atom is 0.0595 e. The van der Waals surface area contributed by atoms with Gasteiger partial charge in [0, 0.05) is 19.1 Å². The lowest BCUT2D eigenvalue weighted by molar-refractivity contribution is 0.0902. The van der Waals surface area contributed by atoms with Crippen LogP contribution in [0.1, 0.15) is 24.8 Å². The van der Waals surface area contributed by atoms with E-state index in [1.807, 2.05) is 19.1 Å². The summed E-state index contributed by atoms with van der Waals surface area (Å²) in [5.74, 6) is 1.02. The van der Waals surface area contributed by atoms with Gasteiger partial charge in [-0.3, -0.25) is 0 Å². The maximum atomic E-state index is 6.11. The minimum absolute atomic E-state index is 0. The van der Waals surface area contributed by atoms with E-state index < -0.39 is 0 Å². The van der Waals surface area contributed by atoms with Crippen molar-refractivity contribution in [1.82, 2.24) is 5.32 Å². The lowest BCUT2D eigenvalue weighted by atomic mass is 9.81. The van der Waals surface area contributed by atoms with Crippen LogP contribution in [0.15, 0.2) is 18.2 Å². The fourth-order valence-corrected chi connectivity index (χ4v) is 2.86. The summed E-state index contributed by atoms with van der Waals surface area (Å²) in [6.07, 6.45) is 1.12. The van der Waals surface area contributed by atoms with Crippen LogP contribution in [-0.2, 0) is 4.74 Å². The molecular formula is C14H20BrCl2NO. The van der Waals surface area contributed by atoms with Crippen LogP contribution in [0.3, 0.4) is 0 Å². The number of halogens is 3. The molecule has 0 amide bonds. The summed E-state index contributed by atoms with van der Waals surface area (Å²) >= 11 is 12.1. The van der Waals surface area contributed by atoms with Gasteiger partial charge in [0.05, 0.1) is 16.7 Å². The zero-order valence-corrected chi connectivity index (χ0v) is 14.2. The van der Waals surface area contributed by atoms with Crippen molar-refractivity contribution >= 4 is 40.2 Å². The summed E-state index contributed by atoms with van der Waals surface area (Å²) in [5, 5.41) is 4.69. The molecule has 1 aromatic carbocycles. The molecule has 1 aromatic rings. The van der Waals surface area contributed by atoms with Gasteiger partial charge >= 0.3 is 0 Å². The first-order valence-electron chi connectivity index (χ1n) is 6.45. The highest BCUT2D eigenvalue weighted by Gasteiger charge is 2.26. The molecule has 0 radical (unpaired) electrons. The molecule has 0 aliphatic carbocycles. The Morgan fingerprint density at radius 3 is 2.79 bits per heavy atom. The van der Waals surface area contributed by atoms with Crippen molar-refractivity contribution in [2.75, 3.05) is 26.3 Å². The summed E-state index contributed by atoms with van der Waals surface area (Å²) < 4.78 is 5.58. The van der Waals surface area contributed by atoms with E-state index in [0.29, 0.717) is 21.9 Å². The second-order valence-electron chi connectivity index (χ2n) is 4.69. The maximum absolute atomic E-state index is 6.11. The van der Waals surface area contributed by atoms with Crippen LogP contribution in [0.25, 0.3) is 0 Å². The second-order valence-corrected chi connectivity index (χ2v) is 5.51. The number of benzene rings is 1. The van der Waals surface area contributed by atoms with Gasteiger partial charge in [-0.1, -0.05) is 29.3 Å². The first kappa shape index (κ1) is 17.3. The average molecular weight is 369 g/mol. The predicted molar refractivity (Wildman–Crippen MR) is 87.0 cm³/mol. The van der Waals surface area contributed by atoms with Crippen LogP contribution in [0.4, 0.5) is 0 Å². The van der Waals surface area contributed by atoms with Gasteiger partial charge in [-0.05, 0) is 43.5 Å². The largest absolute Gasteiger partial charge is 0.381 e. The SMILES string of the molecule is Br.CCOC[C@H]1CNCC[C@H]1c1ccc(Cl)c(Cl)c1. The molecule has 2 atom stereocenters. The van der Waals surface area contributed by atoms with Crippen molar-refractivity contribution in [2.24, 2.45) is 5.92 Å². The predicted octanol–water partition coefficient (Wildman–Crippen LogP) is 4.30. The molecule has 0 unspecified atom stereocenters. The molecule has 0 saturated carbocycles. The Balaban J connectivity index is 0.00000180. The third-order valence-corrected chi connectivity index (χ3v) is 4.25. The molecule has 19 heavy (non-hydrogen) atoms. The highest BCUT2D eigenvalue weighted by Crippen LogP contribution is 2.34. The van der Waals surface area contributed by atoms with Gasteiger partial charge in [0.1, 0.15) is 0 Å². The second kappa shape index (κ2) is 8.48. The van der Waals surface area contributed by atoms with Gasteiger partial charge in [-0.15, -0.1) is 17.0 Å². The molecule has 1 aliphatic rings. The van der Waals surface area contributed by atoms with Gasteiger partial charge in [-0.2, -0.15) is 0 Å². The molecule has 1 saturated heterocycles. The van der Waals surface area contributed by atoms with Crippen molar-refractivity contribution in [1.29, 1.82) is 0 Å². The quantitative estimate of drug-likeness (QED) is 0.855. The van der Waals surface area contributed by atoms with Crippen molar-refractivity contribution in [3.8, 4) is 0 Å². The normalized spacial score (nSPS) is 22.9. The Kier molecular flexibility index (Phi) is 7.70. The minimum atomic E-state index is 0. The third-order valence-electron chi connectivity index (χ3n) is 3.52. The van der Waals surface area contributed by atoms with Crippen molar-refractivity contribution < 1.29 is 4.74 Å². The third kappa shape index (κ3) is 4.61. The van der Waals surface area contributed by atoms with Crippen LogP contribution in [0.5, 0.6) is 0 Å². The first-order chi connectivity index (χ1) is 8.72. The Hall–Kier alpha value is 0.200. The fourth-order valence-electron chi connectivity index (χ4n) is 2.55. The van der Waals surface area contributed by atoms with Gasteiger partial charge in [0.2, 0.25) is 0 Å². The molecule has 1 heterocycles. The summed E-state index contributed by atoms with van der Waals surface area (Å²) in [4.78, 5) is 0. The molecule has 1 N–H and O–H groups in total. The molecule has 5 heteroatoms. The first-order valence-corrected chi connectivity index (χ1v) is 7.21. The lowest BCUT2D eigenvalue weighted by Crippen LogP contribution is -2.37. The van der Waals surface area contributed by atoms with Crippen LogP contribution in [0, 0.1) is 5.92 Å². The zero-order valence-electron chi connectivity index (χ0n) is 11.0. The van der Waals surface area contributed by atoms with Crippen molar-refractivity contribution in [3.63, 3.8) is 0 Å². The number of rotatable bonds is 4. The average Bonchev–Trinajstić information content (AvgIpc) is 2.40. The van der Waals surface area contributed by atoms with Crippen LogP contribution < -0.4 is 5.32 Å². The molecular weight excluding hydrogens is 349 g/mol. The molecule has 2 rings (SSSR count). The smallest absolute Gasteiger partial charge is 0.0595 e. The highest BCUT2D eigenvalue weighted by atomic mass is 79.9. The molecule has 2 nitrogen and oxygen atoms in total. The molecule has 1 aliphatic heterocycles. The van der Waals surface area contributed by atoms with Gasteiger partial charge in [-0.25, -0.2) is 0 Å². The zero-order chi connectivity index (χ0) is 13.0. The highest BCUT2D eigenvalue weighted by molar-refractivity contribution is 8.93. The van der Waals surface area contributed by atoms with E-state index in [-0.39, 0.29) is 17.0 Å². The topological polar surface area (TPSA) is 21.3 Å². The van der Waals surface area contributed by atoms with E-state index in [0.717, 1.165) is 32.7 Å². The molecule has 0 aromatic heterocycles. The van der Waals surface area contributed by atoms with Crippen LogP contribution in [0.2, 0.25) is 10.0 Å². The molecule has 0 spiro atoms. The van der Waals surface area contributed by atoms with Gasteiger partial charge in [0.25, 0.3) is 0 Å². The molecule has 108 valence electrons. The van der Waals surface area contributed by atoms with E-state index in [1.165, 1.54) is 5.56 Å². The Labute approximate surface area is 135 Å². The number of hydrogen-bond acceptors (Lipinski definition) is 2. The van der Waals surface area contributed by atoms with Gasteiger partial charge in [0.15, 0.2) is 0 Å². The van der Waals surface area contributed by atoms with Crippen molar-refractivity contribution in [2.45, 2.75) is 19.3 Å². The lowest BCUT2D eigenvalue weighted by Gasteiger charge is -2.32. The summed E-state index contributed by atoms with van der Waals surface area (Å²) in [6.45, 7) is 5.65. The fraction of sp³-hybridized carbons (Fsp3) is 0.571. The number of piperidine rings is 1. The van der Waals surface area contributed by atoms with E-state index in [4.69, 9.17) is 27.9 Å².